The van der Waals surface area contributed by atoms with Gasteiger partial charge in [-0.2, -0.15) is 4.98 Å². The fourth-order valence-corrected chi connectivity index (χ4v) is 5.89. The van der Waals surface area contributed by atoms with E-state index in [1.807, 2.05) is 0 Å². The Bertz CT molecular complexity index is 1070. The number of piperidine rings is 1. The molecule has 1 aromatic carbocycles. The number of likely N-dealkylation sites (tertiary alicyclic amines) is 1. The molecule has 2 saturated heterocycles. The summed E-state index contributed by atoms with van der Waals surface area (Å²) >= 11 is 0. The molecule has 4 heterocycles. The van der Waals surface area contributed by atoms with E-state index < -0.39 is 0 Å². The van der Waals surface area contributed by atoms with E-state index >= 15 is 0 Å². The standard InChI is InChI=1S/C26H34N4O2/c1-29-17-21(22-4-2-3-5-23(22)29)18-30-12-10-26(11-13-30,16-19-6-7-19)25-27-24(32-28-25)20-8-14-31-15-9-20/h2-5,17,19-20H,6-16,18H2,1H3. The Morgan fingerprint density at radius 3 is 2.62 bits per heavy atom. The molecule has 3 aliphatic rings. The van der Waals surface area contributed by atoms with Crippen LogP contribution in [0.5, 0.6) is 0 Å². The van der Waals surface area contributed by atoms with Gasteiger partial charge in [0, 0.05) is 55.2 Å². The molecule has 6 heteroatoms. The average Bonchev–Trinajstić information content (AvgIpc) is 3.39. The van der Waals surface area contributed by atoms with Gasteiger partial charge in [0.05, 0.1) is 0 Å². The number of fused-ring (bicyclic) bond motifs is 1. The number of hydrogen-bond acceptors (Lipinski definition) is 5. The second-order valence-electron chi connectivity index (χ2n) is 10.3. The average molecular weight is 435 g/mol. The Morgan fingerprint density at radius 2 is 1.84 bits per heavy atom. The van der Waals surface area contributed by atoms with Crippen molar-refractivity contribution in [3.05, 3.63) is 47.7 Å². The molecule has 3 fully saturated rings. The van der Waals surface area contributed by atoms with Crippen molar-refractivity contribution in [3.63, 3.8) is 0 Å². The second-order valence-corrected chi connectivity index (χ2v) is 10.3. The van der Waals surface area contributed by atoms with Gasteiger partial charge >= 0.3 is 0 Å². The van der Waals surface area contributed by atoms with Gasteiger partial charge in [-0.05, 0) is 62.7 Å². The van der Waals surface area contributed by atoms with E-state index in [-0.39, 0.29) is 5.41 Å². The fraction of sp³-hybridized carbons (Fsp3) is 0.615. The van der Waals surface area contributed by atoms with E-state index in [4.69, 9.17) is 14.2 Å². The van der Waals surface area contributed by atoms with Gasteiger partial charge < -0.3 is 13.8 Å². The lowest BCUT2D eigenvalue weighted by Crippen LogP contribution is -2.43. The minimum absolute atomic E-state index is 0.0866. The molecule has 0 radical (unpaired) electrons. The Balaban J connectivity index is 1.18. The van der Waals surface area contributed by atoms with Crippen LogP contribution < -0.4 is 0 Å². The van der Waals surface area contributed by atoms with Gasteiger partial charge in [-0.1, -0.05) is 36.2 Å². The van der Waals surface area contributed by atoms with Crippen molar-refractivity contribution in [2.24, 2.45) is 13.0 Å². The van der Waals surface area contributed by atoms with E-state index in [1.165, 1.54) is 35.7 Å². The van der Waals surface area contributed by atoms with Gasteiger partial charge in [0.1, 0.15) is 0 Å². The summed E-state index contributed by atoms with van der Waals surface area (Å²) in [6, 6.07) is 8.73. The summed E-state index contributed by atoms with van der Waals surface area (Å²) in [6.07, 6.45) is 10.5. The van der Waals surface area contributed by atoms with Crippen LogP contribution in [-0.4, -0.2) is 45.9 Å². The third-order valence-corrected chi connectivity index (χ3v) is 8.05. The molecule has 32 heavy (non-hydrogen) atoms. The number of nitrogens with zero attached hydrogens (tertiary/aromatic N) is 4. The summed E-state index contributed by atoms with van der Waals surface area (Å²) in [5, 5.41) is 5.95. The fourth-order valence-electron chi connectivity index (χ4n) is 5.89. The first kappa shape index (κ1) is 20.4. The maximum Gasteiger partial charge on any atom is 0.229 e. The van der Waals surface area contributed by atoms with Gasteiger partial charge in [-0.25, -0.2) is 0 Å². The molecule has 1 saturated carbocycles. The van der Waals surface area contributed by atoms with Crippen LogP contribution >= 0.6 is 0 Å². The van der Waals surface area contributed by atoms with Crippen molar-refractivity contribution in [1.82, 2.24) is 19.6 Å². The number of hydrogen-bond donors (Lipinski definition) is 0. The molecule has 2 aromatic heterocycles. The number of aryl methyl sites for hydroxylation is 1. The molecule has 0 unspecified atom stereocenters. The van der Waals surface area contributed by atoms with Crippen LogP contribution in [-0.2, 0) is 23.7 Å². The Hall–Kier alpha value is -2.18. The first-order valence-corrected chi connectivity index (χ1v) is 12.4. The largest absolute Gasteiger partial charge is 0.381 e. The molecule has 6 nitrogen and oxygen atoms in total. The maximum atomic E-state index is 5.82. The van der Waals surface area contributed by atoms with Crippen molar-refractivity contribution in [2.75, 3.05) is 26.3 Å². The molecule has 6 rings (SSSR count). The highest BCUT2D eigenvalue weighted by Gasteiger charge is 2.44. The first-order chi connectivity index (χ1) is 15.7. The van der Waals surface area contributed by atoms with E-state index in [9.17, 15) is 0 Å². The van der Waals surface area contributed by atoms with Crippen LogP contribution in [0.25, 0.3) is 10.9 Å². The van der Waals surface area contributed by atoms with Crippen LogP contribution in [0.3, 0.4) is 0 Å². The zero-order chi connectivity index (χ0) is 21.5. The molecule has 0 bridgehead atoms. The summed E-state index contributed by atoms with van der Waals surface area (Å²) in [5.41, 5.74) is 2.83. The van der Waals surface area contributed by atoms with Crippen molar-refractivity contribution < 1.29 is 9.26 Å². The number of benzene rings is 1. The van der Waals surface area contributed by atoms with E-state index in [0.717, 1.165) is 76.2 Å². The van der Waals surface area contributed by atoms with Crippen molar-refractivity contribution in [3.8, 4) is 0 Å². The Morgan fingerprint density at radius 1 is 1.06 bits per heavy atom. The molecule has 3 aromatic rings. The molecule has 0 atom stereocenters. The number of ether oxygens (including phenoxy) is 1. The summed E-state index contributed by atoms with van der Waals surface area (Å²) in [5.74, 6) is 3.05. The van der Waals surface area contributed by atoms with Crippen LogP contribution in [0.1, 0.15) is 68.1 Å². The summed E-state index contributed by atoms with van der Waals surface area (Å²) in [4.78, 5) is 7.63. The predicted molar refractivity (Wildman–Crippen MR) is 124 cm³/mol. The molecule has 2 aliphatic heterocycles. The van der Waals surface area contributed by atoms with Gasteiger partial charge in [-0.3, -0.25) is 4.90 Å². The monoisotopic (exact) mass is 434 g/mol. The smallest absolute Gasteiger partial charge is 0.229 e. The molecule has 0 amide bonds. The minimum Gasteiger partial charge on any atom is -0.381 e. The number of rotatable bonds is 6. The summed E-state index contributed by atoms with van der Waals surface area (Å²) < 4.78 is 13.6. The molecule has 170 valence electrons. The third-order valence-electron chi connectivity index (χ3n) is 8.05. The highest BCUT2D eigenvalue weighted by molar-refractivity contribution is 5.83. The zero-order valence-electron chi connectivity index (χ0n) is 19.1. The second kappa shape index (κ2) is 8.31. The third kappa shape index (κ3) is 3.88. The van der Waals surface area contributed by atoms with Gasteiger partial charge in [0.25, 0.3) is 0 Å². The Labute approximate surface area is 189 Å². The summed E-state index contributed by atoms with van der Waals surface area (Å²) in [6.45, 7) is 4.81. The number of para-hydroxylation sites is 1. The van der Waals surface area contributed by atoms with E-state index in [0.29, 0.717) is 5.92 Å². The van der Waals surface area contributed by atoms with E-state index in [1.54, 1.807) is 0 Å². The minimum atomic E-state index is 0.0866. The number of aromatic nitrogens is 3. The van der Waals surface area contributed by atoms with Gasteiger partial charge in [0.15, 0.2) is 5.82 Å². The topological polar surface area (TPSA) is 56.3 Å². The SMILES string of the molecule is Cn1cc(CN2CCC(CC3CC3)(c3noc(C4CCOCC4)n3)CC2)c2ccccc21. The zero-order valence-corrected chi connectivity index (χ0v) is 19.1. The lowest BCUT2D eigenvalue weighted by molar-refractivity contribution is 0.0778. The Kier molecular flexibility index (Phi) is 5.30. The van der Waals surface area contributed by atoms with Crippen LogP contribution in [0, 0.1) is 5.92 Å². The molecule has 0 N–H and O–H groups in total. The lowest BCUT2D eigenvalue weighted by Gasteiger charge is -2.40. The van der Waals surface area contributed by atoms with Crippen molar-refractivity contribution in [2.45, 2.75) is 62.8 Å². The highest BCUT2D eigenvalue weighted by Crippen LogP contribution is 2.47. The predicted octanol–water partition coefficient (Wildman–Crippen LogP) is 4.79. The lowest BCUT2D eigenvalue weighted by atomic mass is 9.73. The molecular weight excluding hydrogens is 400 g/mol. The molecular formula is C26H34N4O2. The van der Waals surface area contributed by atoms with Crippen LogP contribution in [0.15, 0.2) is 35.0 Å². The summed E-state index contributed by atoms with van der Waals surface area (Å²) in [7, 11) is 2.15. The first-order valence-electron chi connectivity index (χ1n) is 12.4. The van der Waals surface area contributed by atoms with Crippen molar-refractivity contribution in [1.29, 1.82) is 0 Å². The van der Waals surface area contributed by atoms with Crippen LogP contribution in [0.2, 0.25) is 0 Å². The quantitative estimate of drug-likeness (QED) is 0.558. The van der Waals surface area contributed by atoms with Gasteiger partial charge in [0.2, 0.25) is 5.89 Å². The highest BCUT2D eigenvalue weighted by atomic mass is 16.5. The normalized spacial score (nSPS) is 22.5. The van der Waals surface area contributed by atoms with Crippen LogP contribution in [0.4, 0.5) is 0 Å². The molecule has 0 spiro atoms. The maximum absolute atomic E-state index is 5.82. The van der Waals surface area contributed by atoms with Gasteiger partial charge in [-0.15, -0.1) is 0 Å². The molecule has 1 aliphatic carbocycles. The van der Waals surface area contributed by atoms with E-state index in [2.05, 4.69) is 52.1 Å². The van der Waals surface area contributed by atoms with Crippen molar-refractivity contribution >= 4 is 10.9 Å².